The van der Waals surface area contributed by atoms with Crippen LogP contribution >= 0.6 is 0 Å². The van der Waals surface area contributed by atoms with Crippen molar-refractivity contribution in [3.63, 3.8) is 0 Å². The van der Waals surface area contributed by atoms with Gasteiger partial charge in [0, 0.05) is 46.3 Å². The van der Waals surface area contributed by atoms with Crippen LogP contribution in [0.4, 0.5) is 24.5 Å². The number of halogens is 3. The second kappa shape index (κ2) is 10.6. The number of anilines is 2. The summed E-state index contributed by atoms with van der Waals surface area (Å²) in [6.07, 6.45) is -4.70. The van der Waals surface area contributed by atoms with Gasteiger partial charge in [0.05, 0.1) is 11.4 Å². The fourth-order valence-electron chi connectivity index (χ4n) is 3.69. The first kappa shape index (κ1) is 25.7. The molecule has 1 fully saturated rings. The van der Waals surface area contributed by atoms with Gasteiger partial charge >= 0.3 is 6.18 Å². The van der Waals surface area contributed by atoms with E-state index in [0.717, 1.165) is 5.56 Å². The Kier molecular flexibility index (Phi) is 8.00. The molecule has 0 saturated carbocycles. The lowest BCUT2D eigenvalue weighted by molar-refractivity contribution is -0.140. The molecule has 9 nitrogen and oxygen atoms in total. The Morgan fingerprint density at radius 1 is 1.12 bits per heavy atom. The van der Waals surface area contributed by atoms with Gasteiger partial charge in [-0.1, -0.05) is 19.1 Å². The second-order valence-corrected chi connectivity index (χ2v) is 9.21. The third-order valence-electron chi connectivity index (χ3n) is 5.23. The van der Waals surface area contributed by atoms with Gasteiger partial charge in [0.1, 0.15) is 5.69 Å². The summed E-state index contributed by atoms with van der Waals surface area (Å²) >= 11 is 0. The van der Waals surface area contributed by atoms with E-state index in [1.165, 1.54) is 19.2 Å². The third kappa shape index (κ3) is 6.58. The molecule has 3 N–H and O–H groups in total. The number of rotatable bonds is 8. The molecule has 1 aliphatic heterocycles. The number of alkyl halides is 3. The Hall–Kier alpha value is -2.90. The molecule has 0 aliphatic carbocycles. The summed E-state index contributed by atoms with van der Waals surface area (Å²) in [6, 6.07) is 9.55. The molecule has 0 radical (unpaired) electrons. The van der Waals surface area contributed by atoms with Crippen LogP contribution in [0.3, 0.4) is 0 Å². The first-order valence-electron chi connectivity index (χ1n) is 10.7. The monoisotopic (exact) mass is 500 g/mol. The summed E-state index contributed by atoms with van der Waals surface area (Å²) in [7, 11) is -2.31. The highest BCUT2D eigenvalue weighted by Crippen LogP contribution is 2.35. The second-order valence-electron chi connectivity index (χ2n) is 7.71. The first-order chi connectivity index (χ1) is 16.0. The van der Waals surface area contributed by atoms with Crippen LogP contribution in [0.1, 0.15) is 28.7 Å². The summed E-state index contributed by atoms with van der Waals surface area (Å²) in [4.78, 5) is 19.0. The largest absolute Gasteiger partial charge is 0.435 e. The molecule has 0 spiro atoms. The van der Waals surface area contributed by atoms with Crippen molar-refractivity contribution in [1.82, 2.24) is 19.9 Å². The van der Waals surface area contributed by atoms with Crippen LogP contribution in [0.5, 0.6) is 0 Å². The number of pyridine rings is 1. The van der Waals surface area contributed by atoms with E-state index in [2.05, 4.69) is 24.6 Å². The zero-order valence-electron chi connectivity index (χ0n) is 18.8. The third-order valence-corrected chi connectivity index (χ3v) is 6.41. The molecule has 13 heteroatoms. The summed E-state index contributed by atoms with van der Waals surface area (Å²) in [5.74, 6) is -0.683. The maximum absolute atomic E-state index is 13.6. The summed E-state index contributed by atoms with van der Waals surface area (Å²) in [5, 5.41) is 2.28. The molecule has 186 valence electrons. The maximum Gasteiger partial charge on any atom is 0.435 e. The average Bonchev–Trinajstić information content (AvgIpc) is 2.78. The zero-order valence-corrected chi connectivity index (χ0v) is 19.6. The van der Waals surface area contributed by atoms with E-state index in [1.807, 2.05) is 6.07 Å². The van der Waals surface area contributed by atoms with Crippen molar-refractivity contribution in [2.45, 2.75) is 19.6 Å². The number of aromatic nitrogens is 1. The zero-order chi connectivity index (χ0) is 24.9. The van der Waals surface area contributed by atoms with E-state index >= 15 is 0 Å². The number of hydrogen-bond donors (Lipinski definition) is 3. The lowest BCUT2D eigenvalue weighted by Gasteiger charge is -2.37. The summed E-state index contributed by atoms with van der Waals surface area (Å²) in [6.45, 7) is 4.15. The van der Waals surface area contributed by atoms with Crippen LogP contribution < -0.4 is 19.7 Å². The lowest BCUT2D eigenvalue weighted by Crippen LogP contribution is -2.46. The van der Waals surface area contributed by atoms with E-state index in [9.17, 15) is 26.4 Å². The number of nitrogens with zero attached hydrogens (tertiary/aromatic N) is 3. The number of hydrogen-bond acceptors (Lipinski definition) is 6. The molecule has 1 aromatic heterocycles. The van der Waals surface area contributed by atoms with Crippen molar-refractivity contribution in [2.24, 2.45) is 0 Å². The van der Waals surface area contributed by atoms with Crippen molar-refractivity contribution in [3.8, 4) is 0 Å². The molecular formula is C21H27F3N6O3S. The van der Waals surface area contributed by atoms with Gasteiger partial charge in [-0.2, -0.15) is 26.3 Å². The lowest BCUT2D eigenvalue weighted by atomic mass is 10.1. The Balaban J connectivity index is 1.67. The van der Waals surface area contributed by atoms with Crippen LogP contribution in [0, 0.1) is 0 Å². The molecule has 2 heterocycles. The molecule has 0 atom stereocenters. The SMILES string of the molecule is CCNS(=O)(=O)Nc1cccc(CN2CCN(c3ccc(C(=O)NC)nc3C(F)(F)F)CC2)c1. The molecule has 1 aliphatic rings. The van der Waals surface area contributed by atoms with Gasteiger partial charge in [0.15, 0.2) is 5.69 Å². The topological polar surface area (TPSA) is 107 Å². The summed E-state index contributed by atoms with van der Waals surface area (Å²) in [5.41, 5.74) is -0.129. The average molecular weight is 501 g/mol. The highest BCUT2D eigenvalue weighted by atomic mass is 32.2. The number of piperazine rings is 1. The number of carbonyl (C=O) groups is 1. The van der Waals surface area contributed by atoms with Gasteiger partial charge in [0.25, 0.3) is 16.1 Å². The van der Waals surface area contributed by atoms with E-state index in [-0.39, 0.29) is 17.9 Å². The van der Waals surface area contributed by atoms with Crippen LogP contribution in [0.25, 0.3) is 0 Å². The van der Waals surface area contributed by atoms with Crippen molar-refractivity contribution in [3.05, 3.63) is 53.3 Å². The number of amides is 1. The van der Waals surface area contributed by atoms with E-state index in [0.29, 0.717) is 38.4 Å². The van der Waals surface area contributed by atoms with Crippen LogP contribution in [0.15, 0.2) is 36.4 Å². The predicted octanol–water partition coefficient (Wildman–Crippen LogP) is 2.05. The molecule has 3 rings (SSSR count). The van der Waals surface area contributed by atoms with Crippen molar-refractivity contribution < 1.29 is 26.4 Å². The molecule has 34 heavy (non-hydrogen) atoms. The van der Waals surface area contributed by atoms with Gasteiger partial charge in [-0.3, -0.25) is 14.4 Å². The fourth-order valence-corrected chi connectivity index (χ4v) is 4.58. The van der Waals surface area contributed by atoms with E-state index < -0.39 is 28.0 Å². The van der Waals surface area contributed by atoms with E-state index in [1.54, 1.807) is 30.0 Å². The molecule has 1 aromatic carbocycles. The number of carbonyl (C=O) groups excluding carboxylic acids is 1. The van der Waals surface area contributed by atoms with Crippen molar-refractivity contribution in [1.29, 1.82) is 0 Å². The standard InChI is InChI=1S/C21H27F3N6O3S/c1-3-26-34(32,33)28-16-6-4-5-15(13-16)14-29-9-11-30(12-10-29)18-8-7-17(20(31)25-2)27-19(18)21(22,23)24/h4-8,13,26,28H,3,9-12,14H2,1-2H3,(H,25,31). The van der Waals surface area contributed by atoms with Crippen LogP contribution in [-0.4, -0.2) is 64.0 Å². The van der Waals surface area contributed by atoms with E-state index in [4.69, 9.17) is 0 Å². The highest BCUT2D eigenvalue weighted by Gasteiger charge is 2.38. The molecule has 0 unspecified atom stereocenters. The highest BCUT2D eigenvalue weighted by molar-refractivity contribution is 7.90. The van der Waals surface area contributed by atoms with Crippen molar-refractivity contribution in [2.75, 3.05) is 49.4 Å². The first-order valence-corrected chi connectivity index (χ1v) is 12.1. The van der Waals surface area contributed by atoms with Crippen LogP contribution in [0.2, 0.25) is 0 Å². The maximum atomic E-state index is 13.6. The molecule has 1 saturated heterocycles. The fraction of sp³-hybridized carbons (Fsp3) is 0.429. The normalized spacial score (nSPS) is 15.3. The Morgan fingerprint density at radius 3 is 2.44 bits per heavy atom. The molecular weight excluding hydrogens is 473 g/mol. The molecule has 2 aromatic rings. The number of nitrogens with one attached hydrogen (secondary N) is 3. The molecule has 0 bridgehead atoms. The van der Waals surface area contributed by atoms with Gasteiger partial charge in [-0.05, 0) is 29.8 Å². The Morgan fingerprint density at radius 2 is 1.82 bits per heavy atom. The smallest absolute Gasteiger partial charge is 0.367 e. The Labute approximate surface area is 196 Å². The van der Waals surface area contributed by atoms with Gasteiger partial charge in [0.2, 0.25) is 0 Å². The number of benzene rings is 1. The predicted molar refractivity (Wildman–Crippen MR) is 123 cm³/mol. The minimum atomic E-state index is -4.70. The Bertz CT molecular complexity index is 1120. The quantitative estimate of drug-likeness (QED) is 0.512. The van der Waals surface area contributed by atoms with Crippen LogP contribution in [-0.2, 0) is 22.9 Å². The molecule has 1 amide bonds. The van der Waals surface area contributed by atoms with Crippen molar-refractivity contribution >= 4 is 27.5 Å². The minimum Gasteiger partial charge on any atom is -0.367 e. The minimum absolute atomic E-state index is 0.0559. The van der Waals surface area contributed by atoms with Gasteiger partial charge < -0.3 is 10.2 Å². The van der Waals surface area contributed by atoms with Gasteiger partial charge in [-0.25, -0.2) is 4.98 Å². The van der Waals surface area contributed by atoms with Gasteiger partial charge in [-0.15, -0.1) is 0 Å². The summed E-state index contributed by atoms with van der Waals surface area (Å²) < 4.78 is 69.5.